The van der Waals surface area contributed by atoms with E-state index in [0.29, 0.717) is 6.54 Å². The van der Waals surface area contributed by atoms with E-state index in [2.05, 4.69) is 29.3 Å². The molecule has 3 rings (SSSR count). The smallest absolute Gasteiger partial charge is 0.407 e. The molecule has 0 radical (unpaired) electrons. The Labute approximate surface area is 193 Å². The molecule has 0 aliphatic heterocycles. The van der Waals surface area contributed by atoms with Gasteiger partial charge in [-0.2, -0.15) is 0 Å². The first-order valence-corrected chi connectivity index (χ1v) is 11.2. The molecule has 1 aliphatic rings. The monoisotopic (exact) mass is 450 g/mol. The van der Waals surface area contributed by atoms with Gasteiger partial charge >= 0.3 is 12.1 Å². The fourth-order valence-corrected chi connectivity index (χ4v) is 4.07. The first-order valence-electron chi connectivity index (χ1n) is 11.2. The van der Waals surface area contributed by atoms with Crippen molar-refractivity contribution in [2.75, 3.05) is 13.2 Å². The number of ether oxygens (including phenoxy) is 1. The Morgan fingerprint density at radius 3 is 2.27 bits per heavy atom. The van der Waals surface area contributed by atoms with Gasteiger partial charge in [-0.25, -0.2) is 4.79 Å². The molecule has 0 aromatic heterocycles. The highest BCUT2D eigenvalue weighted by Gasteiger charge is 2.29. The third kappa shape index (κ3) is 6.44. The normalized spacial score (nSPS) is 12.8. The fraction of sp³-hybridized carbons (Fsp3) is 0.346. The number of rotatable bonds is 12. The number of benzene rings is 2. The van der Waals surface area contributed by atoms with Crippen molar-refractivity contribution in [3.05, 3.63) is 72.3 Å². The standard InChI is InChI=1S/C26H30N2O5/c1-2-3-4-9-16-27-25(31)23(14-15-24(29)30)28-26(32)33-17-22-20-12-7-5-10-18(20)19-11-6-8-13-21(19)22/h2,5-8,10-13,22-23H,1,3-4,9,14-17H2,(H,27,31)(H,28,32)(H,29,30). The highest BCUT2D eigenvalue weighted by Crippen LogP contribution is 2.44. The van der Waals surface area contributed by atoms with E-state index >= 15 is 0 Å². The number of nitrogens with one attached hydrogen (secondary N) is 2. The third-order valence-electron chi connectivity index (χ3n) is 5.73. The van der Waals surface area contributed by atoms with Crippen LogP contribution in [0.2, 0.25) is 0 Å². The third-order valence-corrected chi connectivity index (χ3v) is 5.73. The molecule has 2 aromatic rings. The van der Waals surface area contributed by atoms with Gasteiger partial charge in [0.1, 0.15) is 12.6 Å². The number of carbonyl (C=O) groups is 3. The van der Waals surface area contributed by atoms with E-state index in [9.17, 15) is 14.4 Å². The maximum absolute atomic E-state index is 12.5. The van der Waals surface area contributed by atoms with E-state index in [4.69, 9.17) is 9.84 Å². The van der Waals surface area contributed by atoms with Crippen LogP contribution >= 0.6 is 0 Å². The first-order chi connectivity index (χ1) is 16.0. The van der Waals surface area contributed by atoms with Crippen LogP contribution in [0.15, 0.2) is 61.2 Å². The van der Waals surface area contributed by atoms with Crippen LogP contribution in [0.1, 0.15) is 49.1 Å². The maximum Gasteiger partial charge on any atom is 0.407 e. The van der Waals surface area contributed by atoms with Gasteiger partial charge in [-0.05, 0) is 47.9 Å². The second-order valence-electron chi connectivity index (χ2n) is 8.03. The molecule has 1 aliphatic carbocycles. The summed E-state index contributed by atoms with van der Waals surface area (Å²) in [5.41, 5.74) is 4.42. The van der Waals surface area contributed by atoms with Gasteiger partial charge in [0.15, 0.2) is 0 Å². The van der Waals surface area contributed by atoms with Crippen molar-refractivity contribution >= 4 is 18.0 Å². The molecule has 0 bridgehead atoms. The Hall–Kier alpha value is -3.61. The van der Waals surface area contributed by atoms with Gasteiger partial charge in [0, 0.05) is 18.9 Å². The number of aliphatic carboxylic acids is 1. The number of carboxylic acid groups (broad SMARTS) is 1. The fourth-order valence-electron chi connectivity index (χ4n) is 4.07. The van der Waals surface area contributed by atoms with E-state index in [1.807, 2.05) is 42.5 Å². The lowest BCUT2D eigenvalue weighted by Crippen LogP contribution is -2.47. The lowest BCUT2D eigenvalue weighted by atomic mass is 9.98. The minimum atomic E-state index is -1.03. The minimum Gasteiger partial charge on any atom is -0.481 e. The van der Waals surface area contributed by atoms with Crippen LogP contribution in [0.3, 0.4) is 0 Å². The van der Waals surface area contributed by atoms with Gasteiger partial charge in [0.2, 0.25) is 5.91 Å². The second kappa shape index (κ2) is 11.9. The van der Waals surface area contributed by atoms with Crippen molar-refractivity contribution in [3.8, 4) is 11.1 Å². The number of hydrogen-bond donors (Lipinski definition) is 3. The molecule has 2 amide bonds. The van der Waals surface area contributed by atoms with E-state index in [1.54, 1.807) is 0 Å². The molecule has 0 spiro atoms. The van der Waals surface area contributed by atoms with Crippen molar-refractivity contribution in [2.45, 2.75) is 44.1 Å². The van der Waals surface area contributed by atoms with Crippen LogP contribution in [0, 0.1) is 0 Å². The summed E-state index contributed by atoms with van der Waals surface area (Å²) in [6.07, 6.45) is 3.34. The molecule has 0 saturated carbocycles. The molecule has 0 saturated heterocycles. The summed E-state index contributed by atoms with van der Waals surface area (Å²) in [7, 11) is 0. The largest absolute Gasteiger partial charge is 0.481 e. The number of amides is 2. The summed E-state index contributed by atoms with van der Waals surface area (Å²) < 4.78 is 5.50. The molecular formula is C26H30N2O5. The highest BCUT2D eigenvalue weighted by molar-refractivity contribution is 5.86. The Balaban J connectivity index is 1.59. The van der Waals surface area contributed by atoms with Crippen LogP contribution in [0.25, 0.3) is 11.1 Å². The number of alkyl carbamates (subject to hydrolysis) is 1. The van der Waals surface area contributed by atoms with Crippen LogP contribution in [-0.4, -0.2) is 42.3 Å². The average molecular weight is 451 g/mol. The van der Waals surface area contributed by atoms with Crippen molar-refractivity contribution in [3.63, 3.8) is 0 Å². The van der Waals surface area contributed by atoms with E-state index in [-0.39, 0.29) is 25.4 Å². The molecule has 174 valence electrons. The Morgan fingerprint density at radius 1 is 1.03 bits per heavy atom. The van der Waals surface area contributed by atoms with Gasteiger partial charge in [-0.1, -0.05) is 54.6 Å². The molecule has 3 N–H and O–H groups in total. The Morgan fingerprint density at radius 2 is 1.67 bits per heavy atom. The summed E-state index contributed by atoms with van der Waals surface area (Å²) in [4.78, 5) is 36.0. The zero-order chi connectivity index (χ0) is 23.6. The van der Waals surface area contributed by atoms with Gasteiger partial charge in [0.25, 0.3) is 0 Å². The van der Waals surface area contributed by atoms with Gasteiger partial charge in [-0.15, -0.1) is 6.58 Å². The highest BCUT2D eigenvalue weighted by atomic mass is 16.5. The summed E-state index contributed by atoms with van der Waals surface area (Å²) in [5.74, 6) is -1.55. The molecule has 1 unspecified atom stereocenters. The lowest BCUT2D eigenvalue weighted by molar-refractivity contribution is -0.137. The van der Waals surface area contributed by atoms with Crippen molar-refractivity contribution < 1.29 is 24.2 Å². The first kappa shape index (κ1) is 24.0. The zero-order valence-corrected chi connectivity index (χ0v) is 18.6. The van der Waals surface area contributed by atoms with E-state index in [1.165, 1.54) is 0 Å². The predicted molar refractivity (Wildman–Crippen MR) is 126 cm³/mol. The van der Waals surface area contributed by atoms with Gasteiger partial charge in [0.05, 0.1) is 0 Å². The second-order valence-corrected chi connectivity index (χ2v) is 8.03. The average Bonchev–Trinajstić information content (AvgIpc) is 3.13. The molecule has 1 atom stereocenters. The maximum atomic E-state index is 12.5. The zero-order valence-electron chi connectivity index (χ0n) is 18.6. The summed E-state index contributed by atoms with van der Waals surface area (Å²) in [5, 5.41) is 14.3. The van der Waals surface area contributed by atoms with E-state index in [0.717, 1.165) is 41.5 Å². The molecule has 0 heterocycles. The SMILES string of the molecule is C=CCCCCNC(=O)C(CCC(=O)O)NC(=O)OCC1c2ccccc2-c2ccccc21. The number of carboxylic acids is 1. The topological polar surface area (TPSA) is 105 Å². The number of fused-ring (bicyclic) bond motifs is 3. The van der Waals surface area contributed by atoms with Crippen LogP contribution in [0.5, 0.6) is 0 Å². The van der Waals surface area contributed by atoms with Crippen LogP contribution in [-0.2, 0) is 14.3 Å². The van der Waals surface area contributed by atoms with E-state index < -0.39 is 24.0 Å². The number of hydrogen-bond acceptors (Lipinski definition) is 4. The summed E-state index contributed by atoms with van der Waals surface area (Å²) in [6, 6.07) is 15.1. The Kier molecular flexibility index (Phi) is 8.63. The molecule has 33 heavy (non-hydrogen) atoms. The molecule has 2 aromatic carbocycles. The summed E-state index contributed by atoms with van der Waals surface area (Å²) in [6.45, 7) is 4.23. The number of allylic oxidation sites excluding steroid dienone is 1. The predicted octanol–water partition coefficient (Wildman–Crippen LogP) is 4.23. The summed E-state index contributed by atoms with van der Waals surface area (Å²) >= 11 is 0. The number of carbonyl (C=O) groups excluding carboxylic acids is 2. The quantitative estimate of drug-likeness (QED) is 0.332. The Bertz CT molecular complexity index is 958. The van der Waals surface area contributed by atoms with Crippen LogP contribution < -0.4 is 10.6 Å². The molecular weight excluding hydrogens is 420 g/mol. The van der Waals surface area contributed by atoms with Gasteiger partial charge < -0.3 is 20.5 Å². The lowest BCUT2D eigenvalue weighted by Gasteiger charge is -2.19. The molecule has 0 fully saturated rings. The van der Waals surface area contributed by atoms with Crippen LogP contribution in [0.4, 0.5) is 4.79 Å². The van der Waals surface area contributed by atoms with Gasteiger partial charge in [-0.3, -0.25) is 9.59 Å². The number of unbranched alkanes of at least 4 members (excludes halogenated alkanes) is 2. The van der Waals surface area contributed by atoms with Crippen molar-refractivity contribution in [1.82, 2.24) is 10.6 Å². The van der Waals surface area contributed by atoms with Crippen molar-refractivity contribution in [1.29, 1.82) is 0 Å². The molecule has 7 nitrogen and oxygen atoms in total. The minimum absolute atomic E-state index is 0.0159. The van der Waals surface area contributed by atoms with Crippen molar-refractivity contribution in [2.24, 2.45) is 0 Å². The molecule has 7 heteroatoms.